The van der Waals surface area contributed by atoms with Crippen LogP contribution < -0.4 is 0 Å². The lowest BCUT2D eigenvalue weighted by Gasteiger charge is -2.25. The minimum absolute atomic E-state index is 0.00908. The number of aromatic nitrogens is 1. The smallest absolute Gasteiger partial charge is 0.246 e. The van der Waals surface area contributed by atoms with E-state index in [1.165, 1.54) is 16.6 Å². The molecule has 0 amide bonds. The molecule has 1 N–H and O–H groups in total. The number of hydrogen-bond donors (Lipinski definition) is 1. The average molecular weight is 305 g/mol. The molecule has 2 atom stereocenters. The number of pyridine rings is 1. The molecule has 106 valence electrons. The summed E-state index contributed by atoms with van der Waals surface area (Å²) in [6, 6.07) is 2.85. The van der Waals surface area contributed by atoms with Gasteiger partial charge in [0.2, 0.25) is 10.0 Å². The van der Waals surface area contributed by atoms with Gasteiger partial charge in [0.1, 0.15) is 10.0 Å². The molecule has 5 nitrogen and oxygen atoms in total. The van der Waals surface area contributed by atoms with E-state index in [9.17, 15) is 13.5 Å². The number of aliphatic hydroxyl groups is 1. The summed E-state index contributed by atoms with van der Waals surface area (Å²) >= 11 is 5.87. The van der Waals surface area contributed by atoms with Gasteiger partial charge in [-0.1, -0.05) is 11.6 Å². The number of nitrogens with zero attached hydrogens (tertiary/aromatic N) is 2. The third-order valence-electron chi connectivity index (χ3n) is 3.25. The van der Waals surface area contributed by atoms with Crippen LogP contribution in [0, 0.1) is 0 Å². The van der Waals surface area contributed by atoms with E-state index in [0.29, 0.717) is 13.0 Å². The predicted octanol–water partition coefficient (Wildman–Crippen LogP) is 1.66. The fraction of sp³-hybridized carbons (Fsp3) is 0.583. The maximum Gasteiger partial charge on any atom is 0.246 e. The highest BCUT2D eigenvalue weighted by atomic mass is 35.5. The van der Waals surface area contributed by atoms with Crippen LogP contribution in [-0.4, -0.2) is 41.5 Å². The van der Waals surface area contributed by atoms with Gasteiger partial charge in [0, 0.05) is 18.8 Å². The van der Waals surface area contributed by atoms with Crippen molar-refractivity contribution < 1.29 is 13.5 Å². The molecule has 0 aromatic carbocycles. The van der Waals surface area contributed by atoms with Crippen molar-refractivity contribution in [2.75, 3.05) is 6.54 Å². The second-order valence-electron chi connectivity index (χ2n) is 4.79. The normalized spacial score (nSPS) is 22.6. The van der Waals surface area contributed by atoms with Crippen LogP contribution in [0.3, 0.4) is 0 Å². The summed E-state index contributed by atoms with van der Waals surface area (Å²) in [6.45, 7) is 2.13. The highest BCUT2D eigenvalue weighted by Crippen LogP contribution is 2.30. The van der Waals surface area contributed by atoms with Crippen LogP contribution in [0.15, 0.2) is 23.2 Å². The van der Waals surface area contributed by atoms with Crippen LogP contribution >= 0.6 is 11.6 Å². The van der Waals surface area contributed by atoms with Crippen LogP contribution in [0.1, 0.15) is 26.2 Å². The van der Waals surface area contributed by atoms with Crippen LogP contribution in [0.2, 0.25) is 5.15 Å². The minimum Gasteiger partial charge on any atom is -0.393 e. The minimum atomic E-state index is -3.64. The summed E-state index contributed by atoms with van der Waals surface area (Å²) in [7, 11) is -3.64. The molecular formula is C12H17ClN2O3S. The van der Waals surface area contributed by atoms with E-state index in [0.717, 1.165) is 12.8 Å². The third kappa shape index (κ3) is 3.08. The molecule has 19 heavy (non-hydrogen) atoms. The van der Waals surface area contributed by atoms with E-state index in [1.807, 2.05) is 0 Å². The van der Waals surface area contributed by atoms with Gasteiger partial charge in [-0.3, -0.25) is 0 Å². The van der Waals surface area contributed by atoms with E-state index < -0.39 is 16.1 Å². The Morgan fingerprint density at radius 2 is 2.37 bits per heavy atom. The predicted molar refractivity (Wildman–Crippen MR) is 72.5 cm³/mol. The molecule has 0 bridgehead atoms. The van der Waals surface area contributed by atoms with Crippen LogP contribution in [0.5, 0.6) is 0 Å². The van der Waals surface area contributed by atoms with Crippen LogP contribution in [0.4, 0.5) is 0 Å². The molecule has 0 saturated carbocycles. The summed E-state index contributed by atoms with van der Waals surface area (Å²) in [4.78, 5) is 3.85. The molecule has 1 fully saturated rings. The first-order chi connectivity index (χ1) is 8.93. The van der Waals surface area contributed by atoms with E-state index in [1.54, 1.807) is 13.0 Å². The number of halogens is 1. The molecular weight excluding hydrogens is 288 g/mol. The lowest BCUT2D eigenvalue weighted by molar-refractivity contribution is 0.158. The largest absolute Gasteiger partial charge is 0.393 e. The number of sulfonamides is 1. The monoisotopic (exact) mass is 304 g/mol. The van der Waals surface area contributed by atoms with Gasteiger partial charge in [0.15, 0.2) is 0 Å². The SMILES string of the molecule is CC(O)CC1CCCN1S(=O)(=O)c1cccnc1Cl. The van der Waals surface area contributed by atoms with Gasteiger partial charge < -0.3 is 5.11 Å². The molecule has 1 saturated heterocycles. The van der Waals surface area contributed by atoms with Gasteiger partial charge in [0.25, 0.3) is 0 Å². The summed E-state index contributed by atoms with van der Waals surface area (Å²) in [5.41, 5.74) is 0. The quantitative estimate of drug-likeness (QED) is 0.859. The van der Waals surface area contributed by atoms with Gasteiger partial charge in [-0.05, 0) is 38.3 Å². The molecule has 2 heterocycles. The van der Waals surface area contributed by atoms with Crippen molar-refractivity contribution in [1.82, 2.24) is 9.29 Å². The number of rotatable bonds is 4. The number of hydrogen-bond acceptors (Lipinski definition) is 4. The first-order valence-electron chi connectivity index (χ1n) is 6.23. The van der Waals surface area contributed by atoms with E-state index in [-0.39, 0.29) is 16.1 Å². The lowest BCUT2D eigenvalue weighted by atomic mass is 10.1. The second kappa shape index (κ2) is 5.75. The Bertz CT molecular complexity index is 548. The first kappa shape index (κ1) is 14.7. The van der Waals surface area contributed by atoms with Gasteiger partial charge in [-0.2, -0.15) is 4.31 Å². The molecule has 7 heteroatoms. The molecule has 1 aliphatic rings. The van der Waals surface area contributed by atoms with Crippen molar-refractivity contribution >= 4 is 21.6 Å². The van der Waals surface area contributed by atoms with Gasteiger partial charge >= 0.3 is 0 Å². The average Bonchev–Trinajstić information content (AvgIpc) is 2.77. The summed E-state index contributed by atoms with van der Waals surface area (Å²) in [5, 5.41) is 9.45. The van der Waals surface area contributed by atoms with E-state index in [2.05, 4.69) is 4.98 Å². The zero-order valence-corrected chi connectivity index (χ0v) is 12.2. The maximum absolute atomic E-state index is 12.6. The lowest BCUT2D eigenvalue weighted by Crippen LogP contribution is -2.37. The molecule has 2 rings (SSSR count). The Morgan fingerprint density at radius 3 is 3.00 bits per heavy atom. The molecule has 2 unspecified atom stereocenters. The van der Waals surface area contributed by atoms with Crippen molar-refractivity contribution in [3.05, 3.63) is 23.5 Å². The van der Waals surface area contributed by atoms with Gasteiger partial charge in [-0.15, -0.1) is 0 Å². The summed E-state index contributed by atoms with van der Waals surface area (Å²) in [6.07, 6.45) is 2.94. The molecule has 1 aromatic rings. The van der Waals surface area contributed by atoms with Crippen molar-refractivity contribution in [3.63, 3.8) is 0 Å². The van der Waals surface area contributed by atoms with E-state index >= 15 is 0 Å². The first-order valence-corrected chi connectivity index (χ1v) is 8.05. The van der Waals surface area contributed by atoms with Crippen molar-refractivity contribution in [2.24, 2.45) is 0 Å². The van der Waals surface area contributed by atoms with Gasteiger partial charge in [-0.25, -0.2) is 13.4 Å². The molecule has 1 aromatic heterocycles. The molecule has 1 aliphatic heterocycles. The summed E-state index contributed by atoms with van der Waals surface area (Å²) in [5.74, 6) is 0. The zero-order valence-electron chi connectivity index (χ0n) is 10.7. The Kier molecular flexibility index (Phi) is 4.45. The van der Waals surface area contributed by atoms with Crippen LogP contribution in [-0.2, 0) is 10.0 Å². The fourth-order valence-electron chi connectivity index (χ4n) is 2.44. The Morgan fingerprint density at radius 1 is 1.63 bits per heavy atom. The standard InChI is InChI=1S/C12H17ClN2O3S/c1-9(16)8-10-4-3-7-15(10)19(17,18)11-5-2-6-14-12(11)13/h2,5-6,9-10,16H,3-4,7-8H2,1H3. The molecule has 0 radical (unpaired) electrons. The van der Waals surface area contributed by atoms with Crippen LogP contribution in [0.25, 0.3) is 0 Å². The fourth-order valence-corrected chi connectivity index (χ4v) is 4.58. The topological polar surface area (TPSA) is 70.5 Å². The second-order valence-corrected chi connectivity index (χ2v) is 7.01. The van der Waals surface area contributed by atoms with Gasteiger partial charge in [0.05, 0.1) is 6.10 Å². The highest BCUT2D eigenvalue weighted by molar-refractivity contribution is 7.89. The Hall–Kier alpha value is -0.690. The zero-order chi connectivity index (χ0) is 14.0. The van der Waals surface area contributed by atoms with Crippen molar-refractivity contribution in [2.45, 2.75) is 43.2 Å². The third-order valence-corrected chi connectivity index (χ3v) is 5.64. The maximum atomic E-state index is 12.6. The van der Waals surface area contributed by atoms with Crippen molar-refractivity contribution in [3.8, 4) is 0 Å². The Labute approximate surface area is 118 Å². The summed E-state index contributed by atoms with van der Waals surface area (Å²) < 4.78 is 26.6. The molecule has 0 spiro atoms. The highest BCUT2D eigenvalue weighted by Gasteiger charge is 2.36. The Balaban J connectivity index is 2.32. The van der Waals surface area contributed by atoms with E-state index in [4.69, 9.17) is 11.6 Å². The number of aliphatic hydroxyl groups excluding tert-OH is 1. The molecule has 0 aliphatic carbocycles. The van der Waals surface area contributed by atoms with Crippen molar-refractivity contribution in [1.29, 1.82) is 0 Å².